The molecule has 0 spiro atoms. The summed E-state index contributed by atoms with van der Waals surface area (Å²) in [5, 5.41) is 0. The Morgan fingerprint density at radius 2 is 2.00 bits per heavy atom. The molecule has 0 radical (unpaired) electrons. The summed E-state index contributed by atoms with van der Waals surface area (Å²) in [5.41, 5.74) is 7.01. The molecule has 1 rings (SSSR count). The monoisotopic (exact) mass is 315 g/mol. The van der Waals surface area contributed by atoms with Crippen LogP contribution in [0.5, 0.6) is 0 Å². The third-order valence-corrected chi connectivity index (χ3v) is 4.12. The summed E-state index contributed by atoms with van der Waals surface area (Å²) in [6.07, 6.45) is -0.379. The fourth-order valence-corrected chi connectivity index (χ4v) is 2.86. The lowest BCUT2D eigenvalue weighted by Gasteiger charge is -2.22. The van der Waals surface area contributed by atoms with Crippen molar-refractivity contribution in [3.8, 4) is 0 Å². The third-order valence-electron chi connectivity index (χ3n) is 2.70. The zero-order valence-electron chi connectivity index (χ0n) is 12.2. The molecule has 3 N–H and O–H groups in total. The van der Waals surface area contributed by atoms with Gasteiger partial charge in [-0.1, -0.05) is 25.1 Å². The molecule has 0 fully saturated rings. The van der Waals surface area contributed by atoms with E-state index in [9.17, 15) is 13.2 Å². The number of nitrogens with one attached hydrogen (secondary N) is 1. The Balaban J connectivity index is 2.90. The number of nitrogen functional groups attached to an aromatic ring is 1. The molecule has 1 aromatic rings. The smallest absolute Gasteiger partial charge is 0.421 e. The molecule has 0 unspecified atom stereocenters. The average Bonchev–Trinajstić information content (AvgIpc) is 2.40. The molecule has 7 nitrogen and oxygen atoms in total. The van der Waals surface area contributed by atoms with E-state index in [1.165, 1.54) is 0 Å². The van der Waals surface area contributed by atoms with Crippen molar-refractivity contribution in [3.05, 3.63) is 29.8 Å². The van der Waals surface area contributed by atoms with Gasteiger partial charge < -0.3 is 10.5 Å². The summed E-state index contributed by atoms with van der Waals surface area (Å²) in [7, 11) is -3.97. The van der Waals surface area contributed by atoms with Crippen LogP contribution >= 0.6 is 0 Å². The van der Waals surface area contributed by atoms with Crippen molar-refractivity contribution in [3.63, 3.8) is 0 Å². The largest absolute Gasteiger partial charge is 0.449 e. The number of nitrogens with zero attached hydrogens (tertiary/aromatic N) is 1. The second-order valence-corrected chi connectivity index (χ2v) is 6.03. The van der Waals surface area contributed by atoms with E-state index in [2.05, 4.69) is 4.74 Å². The summed E-state index contributed by atoms with van der Waals surface area (Å²) >= 11 is 0. The van der Waals surface area contributed by atoms with Gasteiger partial charge in [0.05, 0.1) is 6.61 Å². The van der Waals surface area contributed by atoms with E-state index in [4.69, 9.17) is 5.73 Å². The Morgan fingerprint density at radius 1 is 1.33 bits per heavy atom. The van der Waals surface area contributed by atoms with Gasteiger partial charge >= 0.3 is 16.3 Å². The highest BCUT2D eigenvalue weighted by atomic mass is 32.2. The second kappa shape index (κ2) is 7.84. The molecule has 1 aromatic carbocycles. The minimum atomic E-state index is -3.97. The number of hydrogen-bond acceptors (Lipinski definition) is 5. The number of amides is 1. The summed E-state index contributed by atoms with van der Waals surface area (Å²) < 4.78 is 32.0. The molecule has 0 bridgehead atoms. The molecule has 0 aliphatic rings. The maximum Gasteiger partial charge on any atom is 0.421 e. The van der Waals surface area contributed by atoms with Crippen LogP contribution in [-0.4, -0.2) is 32.0 Å². The zero-order valence-corrected chi connectivity index (χ0v) is 13.0. The first kappa shape index (κ1) is 17.3. The number of rotatable bonds is 7. The molecule has 1 amide bonds. The van der Waals surface area contributed by atoms with Gasteiger partial charge in [0, 0.05) is 18.8 Å². The van der Waals surface area contributed by atoms with E-state index in [0.29, 0.717) is 17.7 Å². The van der Waals surface area contributed by atoms with E-state index in [-0.39, 0.29) is 19.7 Å². The first-order chi connectivity index (χ1) is 9.90. The number of carbonyl (C=O) groups excluding carboxylic acids is 1. The number of ether oxygens (including phenoxy) is 1. The predicted octanol–water partition coefficient (Wildman–Crippen LogP) is 1.47. The van der Waals surface area contributed by atoms with Gasteiger partial charge in [0.1, 0.15) is 0 Å². The Morgan fingerprint density at radius 3 is 2.57 bits per heavy atom. The maximum absolute atomic E-state index is 12.2. The summed E-state index contributed by atoms with van der Waals surface area (Å²) in [4.78, 5) is 11.3. The molecule has 0 heterocycles. The van der Waals surface area contributed by atoms with Crippen molar-refractivity contribution in [2.75, 3.05) is 18.9 Å². The minimum Gasteiger partial charge on any atom is -0.449 e. The Hall–Kier alpha value is -1.80. The lowest BCUT2D eigenvalue weighted by molar-refractivity contribution is 0.158. The van der Waals surface area contributed by atoms with E-state index in [1.807, 2.05) is 11.6 Å². The van der Waals surface area contributed by atoms with Crippen LogP contribution in [0.3, 0.4) is 0 Å². The van der Waals surface area contributed by atoms with E-state index >= 15 is 0 Å². The molecule has 118 valence electrons. The van der Waals surface area contributed by atoms with Crippen LogP contribution in [0.15, 0.2) is 24.3 Å². The first-order valence-electron chi connectivity index (χ1n) is 6.68. The molecular weight excluding hydrogens is 294 g/mol. The molecular formula is C13H21N3O4S. The van der Waals surface area contributed by atoms with Gasteiger partial charge in [0.2, 0.25) is 0 Å². The standard InChI is InChI=1S/C13H21N3O4S/c1-3-9-16(10-11-7-5-6-8-12(11)14)21(18,19)15-13(17)20-4-2/h5-8H,3-4,9-10,14H2,1-2H3,(H,15,17). The van der Waals surface area contributed by atoms with Gasteiger partial charge in [-0.25, -0.2) is 9.52 Å². The zero-order chi connectivity index (χ0) is 15.9. The van der Waals surface area contributed by atoms with Gasteiger partial charge in [-0.05, 0) is 25.0 Å². The van der Waals surface area contributed by atoms with Crippen molar-refractivity contribution >= 4 is 22.0 Å². The average molecular weight is 315 g/mol. The SMILES string of the molecule is CCCN(Cc1ccccc1N)S(=O)(=O)NC(=O)OCC. The van der Waals surface area contributed by atoms with Crippen molar-refractivity contribution in [1.29, 1.82) is 0 Å². The highest BCUT2D eigenvalue weighted by Crippen LogP contribution is 2.15. The van der Waals surface area contributed by atoms with Crippen LogP contribution in [0, 0.1) is 0 Å². The number of nitrogens with two attached hydrogens (primary N) is 1. The quantitative estimate of drug-likeness (QED) is 0.742. The lowest BCUT2D eigenvalue weighted by Crippen LogP contribution is -2.43. The summed E-state index contributed by atoms with van der Waals surface area (Å²) in [6.45, 7) is 3.90. The molecule has 0 aliphatic carbocycles. The number of hydrogen-bond donors (Lipinski definition) is 2. The van der Waals surface area contributed by atoms with Crippen LogP contribution in [0.2, 0.25) is 0 Å². The van der Waals surface area contributed by atoms with Gasteiger partial charge in [-0.2, -0.15) is 12.7 Å². The fourth-order valence-electron chi connectivity index (χ4n) is 1.73. The predicted molar refractivity (Wildman–Crippen MR) is 80.6 cm³/mol. The molecule has 0 saturated heterocycles. The maximum atomic E-state index is 12.2. The Kier molecular flexibility index (Phi) is 6.44. The summed E-state index contributed by atoms with van der Waals surface area (Å²) in [6, 6.07) is 7.00. The van der Waals surface area contributed by atoms with Crippen LogP contribution in [-0.2, 0) is 21.5 Å². The molecule has 8 heteroatoms. The van der Waals surface area contributed by atoms with Gasteiger partial charge in [0.15, 0.2) is 0 Å². The van der Waals surface area contributed by atoms with E-state index < -0.39 is 16.3 Å². The van der Waals surface area contributed by atoms with Crippen LogP contribution in [0.1, 0.15) is 25.8 Å². The summed E-state index contributed by atoms with van der Waals surface area (Å²) in [5.74, 6) is 0. The molecule has 0 aromatic heterocycles. The highest BCUT2D eigenvalue weighted by Gasteiger charge is 2.24. The molecule has 0 atom stereocenters. The number of benzene rings is 1. The lowest BCUT2D eigenvalue weighted by atomic mass is 10.2. The van der Waals surface area contributed by atoms with Crippen molar-refractivity contribution < 1.29 is 17.9 Å². The van der Waals surface area contributed by atoms with Crippen molar-refractivity contribution in [2.24, 2.45) is 0 Å². The molecule has 0 aliphatic heterocycles. The van der Waals surface area contributed by atoms with Crippen LogP contribution in [0.4, 0.5) is 10.5 Å². The van der Waals surface area contributed by atoms with Gasteiger partial charge in [0.25, 0.3) is 0 Å². The van der Waals surface area contributed by atoms with E-state index in [0.717, 1.165) is 4.31 Å². The van der Waals surface area contributed by atoms with Crippen molar-refractivity contribution in [2.45, 2.75) is 26.8 Å². The second-order valence-electron chi connectivity index (χ2n) is 4.36. The first-order valence-corrected chi connectivity index (χ1v) is 8.12. The highest BCUT2D eigenvalue weighted by molar-refractivity contribution is 7.87. The van der Waals surface area contributed by atoms with Crippen molar-refractivity contribution in [1.82, 2.24) is 9.03 Å². The normalized spacial score (nSPS) is 11.4. The Labute approximate surface area is 125 Å². The third kappa shape index (κ3) is 5.24. The number of para-hydroxylation sites is 1. The number of carbonyl (C=O) groups is 1. The van der Waals surface area contributed by atoms with Crippen LogP contribution < -0.4 is 10.5 Å². The fraction of sp³-hybridized carbons (Fsp3) is 0.462. The van der Waals surface area contributed by atoms with Gasteiger partial charge in [-0.15, -0.1) is 0 Å². The number of anilines is 1. The molecule has 21 heavy (non-hydrogen) atoms. The Bertz CT molecular complexity index is 575. The van der Waals surface area contributed by atoms with Crippen LogP contribution in [0.25, 0.3) is 0 Å². The van der Waals surface area contributed by atoms with E-state index in [1.54, 1.807) is 31.2 Å². The topological polar surface area (TPSA) is 102 Å². The van der Waals surface area contributed by atoms with Gasteiger partial charge in [-0.3, -0.25) is 0 Å². The minimum absolute atomic E-state index is 0.0925. The molecule has 0 saturated carbocycles.